The molecule has 0 heterocycles. The summed E-state index contributed by atoms with van der Waals surface area (Å²) in [5.74, 6) is -0.897. The Morgan fingerprint density at radius 2 is 0.537 bits per heavy atom. The van der Waals surface area contributed by atoms with Crippen LogP contribution in [0.3, 0.4) is 0 Å². The van der Waals surface area contributed by atoms with E-state index in [9.17, 15) is 14.4 Å². The smallest absolute Gasteiger partial charge is 0.306 e. The van der Waals surface area contributed by atoms with Gasteiger partial charge in [-0.05, 0) is 89.9 Å². The lowest BCUT2D eigenvalue weighted by atomic mass is 10.0. The van der Waals surface area contributed by atoms with Gasteiger partial charge >= 0.3 is 17.9 Å². The van der Waals surface area contributed by atoms with E-state index in [1.54, 1.807) is 0 Å². The van der Waals surface area contributed by atoms with Crippen LogP contribution in [-0.4, -0.2) is 37.2 Å². The normalized spacial score (nSPS) is 12.5. The zero-order chi connectivity index (χ0) is 48.6. The van der Waals surface area contributed by atoms with Gasteiger partial charge in [0.2, 0.25) is 0 Å². The minimum atomic E-state index is -0.786. The Bertz CT molecular complexity index is 1210. The van der Waals surface area contributed by atoms with E-state index in [1.807, 2.05) is 0 Å². The maximum Gasteiger partial charge on any atom is 0.306 e. The predicted octanol–water partition coefficient (Wildman–Crippen LogP) is 19.2. The molecule has 0 saturated carbocycles. The molecule has 67 heavy (non-hydrogen) atoms. The van der Waals surface area contributed by atoms with Crippen LogP contribution < -0.4 is 0 Å². The van der Waals surface area contributed by atoms with E-state index in [0.717, 1.165) is 89.9 Å². The Morgan fingerprint density at radius 3 is 0.866 bits per heavy atom. The zero-order valence-electron chi connectivity index (χ0n) is 44.4. The van der Waals surface area contributed by atoms with Crippen LogP contribution in [0.4, 0.5) is 0 Å². The fraction of sp³-hybridized carbons (Fsp3) is 0.787. The highest BCUT2D eigenvalue weighted by Crippen LogP contribution is 2.16. The van der Waals surface area contributed by atoms with E-state index < -0.39 is 6.10 Å². The molecule has 6 nitrogen and oxygen atoms in total. The highest BCUT2D eigenvalue weighted by atomic mass is 16.6. The van der Waals surface area contributed by atoms with Crippen LogP contribution >= 0.6 is 0 Å². The summed E-state index contributed by atoms with van der Waals surface area (Å²) in [6.07, 6.45) is 69.2. The molecule has 0 aliphatic carbocycles. The number of rotatable bonds is 52. The molecule has 0 aliphatic rings. The number of hydrogen-bond donors (Lipinski definition) is 0. The van der Waals surface area contributed by atoms with Crippen LogP contribution in [0, 0.1) is 0 Å². The first-order chi connectivity index (χ1) is 33.0. The fourth-order valence-corrected chi connectivity index (χ4v) is 8.13. The van der Waals surface area contributed by atoms with Crippen molar-refractivity contribution >= 4 is 17.9 Å². The quantitative estimate of drug-likeness (QED) is 0.0262. The second-order valence-electron chi connectivity index (χ2n) is 19.2. The number of carbonyl (C=O) groups excluding carboxylic acids is 3. The topological polar surface area (TPSA) is 78.9 Å². The molecule has 0 aromatic rings. The summed E-state index contributed by atoms with van der Waals surface area (Å²) in [4.78, 5) is 38.1. The van der Waals surface area contributed by atoms with Crippen molar-refractivity contribution in [3.8, 4) is 0 Å². The van der Waals surface area contributed by atoms with Crippen LogP contribution in [0.25, 0.3) is 0 Å². The van der Waals surface area contributed by atoms with Crippen molar-refractivity contribution in [3.05, 3.63) is 60.8 Å². The predicted molar refractivity (Wildman–Crippen MR) is 288 cm³/mol. The summed E-state index contributed by atoms with van der Waals surface area (Å²) in [6, 6.07) is 0. The lowest BCUT2D eigenvalue weighted by Crippen LogP contribution is -2.30. The second-order valence-corrected chi connectivity index (χ2v) is 19.2. The molecule has 0 aromatic carbocycles. The maximum absolute atomic E-state index is 12.8. The number of unbranched alkanes of at least 4 members (excludes halogenated alkanes) is 31. The summed E-state index contributed by atoms with van der Waals surface area (Å²) in [6.45, 7) is 6.59. The molecule has 0 radical (unpaired) electrons. The SMILES string of the molecule is CCCCC/C=C/C/C=C/C/C=C/CCCCCCC(=O)O[C@@H](COC(=O)CCCCCCCCCCC/C=C/C/C=C/CCCCC)COC(=O)CCCCCCCCCCCCCCC. The molecule has 0 spiro atoms. The molecule has 0 fully saturated rings. The molecule has 0 rings (SSSR count). The third-order valence-electron chi connectivity index (χ3n) is 12.5. The van der Waals surface area contributed by atoms with Gasteiger partial charge in [0.25, 0.3) is 0 Å². The lowest BCUT2D eigenvalue weighted by Gasteiger charge is -2.18. The van der Waals surface area contributed by atoms with Crippen molar-refractivity contribution in [1.82, 2.24) is 0 Å². The minimum Gasteiger partial charge on any atom is -0.462 e. The number of hydrogen-bond acceptors (Lipinski definition) is 6. The van der Waals surface area contributed by atoms with Gasteiger partial charge in [-0.3, -0.25) is 14.4 Å². The first-order valence-electron chi connectivity index (χ1n) is 28.8. The fourth-order valence-electron chi connectivity index (χ4n) is 8.13. The summed E-state index contributed by atoms with van der Waals surface area (Å²) in [7, 11) is 0. The monoisotopic (exact) mass is 937 g/mol. The third-order valence-corrected chi connectivity index (χ3v) is 12.5. The zero-order valence-corrected chi connectivity index (χ0v) is 44.4. The molecule has 1 atom stereocenters. The Balaban J connectivity index is 4.39. The van der Waals surface area contributed by atoms with Crippen LogP contribution in [-0.2, 0) is 28.6 Å². The van der Waals surface area contributed by atoms with Crippen molar-refractivity contribution in [2.24, 2.45) is 0 Å². The summed E-state index contributed by atoms with van der Waals surface area (Å²) < 4.78 is 16.9. The average molecular weight is 938 g/mol. The Kier molecular flexibility index (Phi) is 53.3. The summed E-state index contributed by atoms with van der Waals surface area (Å²) in [5.41, 5.74) is 0. The molecule has 0 aromatic heterocycles. The van der Waals surface area contributed by atoms with Crippen molar-refractivity contribution in [3.63, 3.8) is 0 Å². The van der Waals surface area contributed by atoms with Gasteiger partial charge < -0.3 is 14.2 Å². The van der Waals surface area contributed by atoms with Crippen LogP contribution in [0.2, 0.25) is 0 Å². The molecule has 0 amide bonds. The van der Waals surface area contributed by atoms with Crippen molar-refractivity contribution < 1.29 is 28.6 Å². The Morgan fingerprint density at radius 1 is 0.299 bits per heavy atom. The second kappa shape index (κ2) is 55.7. The number of allylic oxidation sites excluding steroid dienone is 10. The first kappa shape index (κ1) is 64.1. The van der Waals surface area contributed by atoms with Gasteiger partial charge in [-0.1, -0.05) is 242 Å². The van der Waals surface area contributed by atoms with Gasteiger partial charge in [0, 0.05) is 19.3 Å². The number of ether oxygens (including phenoxy) is 3. The highest BCUT2D eigenvalue weighted by molar-refractivity contribution is 5.71. The molecule has 388 valence electrons. The van der Waals surface area contributed by atoms with Gasteiger partial charge in [0.05, 0.1) is 0 Å². The van der Waals surface area contributed by atoms with Crippen LogP contribution in [0.5, 0.6) is 0 Å². The first-order valence-corrected chi connectivity index (χ1v) is 28.8. The number of esters is 3. The minimum absolute atomic E-state index is 0.0822. The number of carbonyl (C=O) groups is 3. The standard InChI is InChI=1S/C61H108O6/c1-4-7-10-13-16-19-22-25-27-29-30-32-33-36-39-42-45-48-51-54-60(63)66-57-58(56-65-59(62)53-50-47-44-41-38-35-24-21-18-15-12-9-6-3)67-61(64)55-52-49-46-43-40-37-34-31-28-26-23-20-17-14-11-8-5-2/h16-17,19-20,25-28,34,37,58H,4-15,18,21-24,29-33,35-36,38-57H2,1-3H3/b19-16+,20-17+,27-25+,28-26+,37-34+/t58-/m1/s1. The van der Waals surface area contributed by atoms with Crippen molar-refractivity contribution in [2.45, 2.75) is 297 Å². The molecule has 0 unspecified atom stereocenters. The van der Waals surface area contributed by atoms with E-state index in [-0.39, 0.29) is 31.1 Å². The van der Waals surface area contributed by atoms with Gasteiger partial charge in [0.15, 0.2) is 6.10 Å². The molecule has 0 bridgehead atoms. The van der Waals surface area contributed by atoms with E-state index in [1.165, 1.54) is 161 Å². The summed E-state index contributed by atoms with van der Waals surface area (Å²) >= 11 is 0. The van der Waals surface area contributed by atoms with Crippen LogP contribution in [0.15, 0.2) is 60.8 Å². The van der Waals surface area contributed by atoms with Gasteiger partial charge in [0.1, 0.15) is 13.2 Å². The highest BCUT2D eigenvalue weighted by Gasteiger charge is 2.19. The molecule has 6 heteroatoms. The largest absolute Gasteiger partial charge is 0.462 e. The van der Waals surface area contributed by atoms with Gasteiger partial charge in [-0.25, -0.2) is 0 Å². The van der Waals surface area contributed by atoms with E-state index in [0.29, 0.717) is 19.3 Å². The molecular weight excluding hydrogens is 829 g/mol. The van der Waals surface area contributed by atoms with Crippen LogP contribution in [0.1, 0.15) is 290 Å². The molecule has 0 N–H and O–H groups in total. The third kappa shape index (κ3) is 53.9. The van der Waals surface area contributed by atoms with Gasteiger partial charge in [-0.15, -0.1) is 0 Å². The lowest BCUT2D eigenvalue weighted by molar-refractivity contribution is -0.167. The Labute approximate surface area is 415 Å². The summed E-state index contributed by atoms with van der Waals surface area (Å²) in [5, 5.41) is 0. The average Bonchev–Trinajstić information content (AvgIpc) is 3.33. The van der Waals surface area contributed by atoms with E-state index in [4.69, 9.17) is 14.2 Å². The molecule has 0 aliphatic heterocycles. The molecule has 0 saturated heterocycles. The Hall–Kier alpha value is -2.89. The maximum atomic E-state index is 12.8. The van der Waals surface area contributed by atoms with Crippen molar-refractivity contribution in [1.29, 1.82) is 0 Å². The van der Waals surface area contributed by atoms with E-state index >= 15 is 0 Å². The van der Waals surface area contributed by atoms with E-state index in [2.05, 4.69) is 81.5 Å². The van der Waals surface area contributed by atoms with Gasteiger partial charge in [-0.2, -0.15) is 0 Å². The molecular formula is C61H108O6. The van der Waals surface area contributed by atoms with Crippen molar-refractivity contribution in [2.75, 3.05) is 13.2 Å².